The molecule has 1 aromatic carbocycles. The van der Waals surface area contributed by atoms with Crippen LogP contribution in [0.1, 0.15) is 25.5 Å². The molecule has 0 aliphatic rings. The first-order chi connectivity index (χ1) is 8.02. The van der Waals surface area contributed by atoms with Gasteiger partial charge in [-0.25, -0.2) is 4.39 Å². The highest BCUT2D eigenvalue weighted by Gasteiger charge is 2.23. The Labute approximate surface area is 114 Å². The second kappa shape index (κ2) is 6.66. The highest BCUT2D eigenvalue weighted by atomic mass is 79.9. The number of hydrazine groups is 1. The summed E-state index contributed by atoms with van der Waals surface area (Å²) in [6.07, 6.45) is -0.253. The molecule has 0 amide bonds. The molecular formula is C11H15BrClFN2O. The van der Waals surface area contributed by atoms with Gasteiger partial charge < -0.3 is 4.74 Å². The van der Waals surface area contributed by atoms with Crippen molar-refractivity contribution in [2.45, 2.75) is 26.0 Å². The summed E-state index contributed by atoms with van der Waals surface area (Å²) >= 11 is 9.00. The Morgan fingerprint density at radius 3 is 2.76 bits per heavy atom. The Kier molecular flexibility index (Phi) is 5.82. The number of hydrogen-bond donors (Lipinski definition) is 2. The van der Waals surface area contributed by atoms with E-state index in [0.29, 0.717) is 16.6 Å². The summed E-state index contributed by atoms with van der Waals surface area (Å²) in [6, 6.07) is 2.87. The minimum Gasteiger partial charge on any atom is -0.377 e. The largest absolute Gasteiger partial charge is 0.377 e. The molecule has 0 spiro atoms. The first-order valence-electron chi connectivity index (χ1n) is 5.24. The molecule has 0 aromatic heterocycles. The molecule has 0 aliphatic carbocycles. The summed E-state index contributed by atoms with van der Waals surface area (Å²) in [5.74, 6) is 4.95. The Morgan fingerprint density at radius 2 is 2.24 bits per heavy atom. The molecule has 0 heterocycles. The molecule has 3 N–H and O–H groups in total. The van der Waals surface area contributed by atoms with Crippen LogP contribution in [0.2, 0.25) is 5.02 Å². The Morgan fingerprint density at radius 1 is 1.59 bits per heavy atom. The van der Waals surface area contributed by atoms with Gasteiger partial charge in [-0.3, -0.25) is 11.3 Å². The SMILES string of the molecule is CCOC(C)C(NN)c1ccc(Br)c(Cl)c1F. The lowest BCUT2D eigenvalue weighted by Gasteiger charge is -2.24. The average molecular weight is 326 g/mol. The zero-order valence-electron chi connectivity index (χ0n) is 9.64. The molecule has 1 rings (SSSR count). The van der Waals surface area contributed by atoms with Crippen molar-refractivity contribution in [1.82, 2.24) is 5.43 Å². The number of rotatable bonds is 5. The van der Waals surface area contributed by atoms with E-state index < -0.39 is 11.9 Å². The molecule has 6 heteroatoms. The zero-order valence-corrected chi connectivity index (χ0v) is 12.0. The lowest BCUT2D eigenvalue weighted by Crippen LogP contribution is -2.37. The summed E-state index contributed by atoms with van der Waals surface area (Å²) in [5.41, 5.74) is 2.94. The molecule has 0 bridgehead atoms. The second-order valence-corrected chi connectivity index (χ2v) is 4.80. The van der Waals surface area contributed by atoms with Gasteiger partial charge in [-0.2, -0.15) is 0 Å². The predicted octanol–water partition coefficient (Wildman–Crippen LogP) is 3.17. The van der Waals surface area contributed by atoms with Gasteiger partial charge in [-0.15, -0.1) is 0 Å². The summed E-state index contributed by atoms with van der Waals surface area (Å²) in [4.78, 5) is 0. The van der Waals surface area contributed by atoms with E-state index in [-0.39, 0.29) is 11.1 Å². The van der Waals surface area contributed by atoms with E-state index in [0.717, 1.165) is 0 Å². The first-order valence-corrected chi connectivity index (χ1v) is 6.41. The molecule has 3 nitrogen and oxygen atoms in total. The fourth-order valence-electron chi connectivity index (χ4n) is 1.62. The van der Waals surface area contributed by atoms with Crippen LogP contribution in [0.25, 0.3) is 0 Å². The van der Waals surface area contributed by atoms with Gasteiger partial charge in [0.25, 0.3) is 0 Å². The molecule has 0 fully saturated rings. The van der Waals surface area contributed by atoms with Crippen molar-refractivity contribution < 1.29 is 9.13 Å². The predicted molar refractivity (Wildman–Crippen MR) is 70.3 cm³/mol. The van der Waals surface area contributed by atoms with Gasteiger partial charge in [0.2, 0.25) is 0 Å². The third-order valence-corrected chi connectivity index (χ3v) is 3.74. The van der Waals surface area contributed by atoms with Crippen LogP contribution in [0.4, 0.5) is 4.39 Å². The molecule has 0 aliphatic heterocycles. The van der Waals surface area contributed by atoms with Crippen LogP contribution < -0.4 is 11.3 Å². The van der Waals surface area contributed by atoms with E-state index in [1.807, 2.05) is 13.8 Å². The Hall–Kier alpha value is -0.200. The number of nitrogens with one attached hydrogen (secondary N) is 1. The van der Waals surface area contributed by atoms with E-state index in [1.165, 1.54) is 0 Å². The zero-order chi connectivity index (χ0) is 13.0. The maximum atomic E-state index is 14.0. The van der Waals surface area contributed by atoms with Crippen LogP contribution in [0.15, 0.2) is 16.6 Å². The Balaban J connectivity index is 3.08. The normalized spacial score (nSPS) is 14.7. The van der Waals surface area contributed by atoms with Gasteiger partial charge in [0.05, 0.1) is 17.2 Å². The van der Waals surface area contributed by atoms with Crippen LogP contribution >= 0.6 is 27.5 Å². The van der Waals surface area contributed by atoms with Gasteiger partial charge in [-0.05, 0) is 35.8 Å². The van der Waals surface area contributed by atoms with Crippen LogP contribution in [-0.4, -0.2) is 12.7 Å². The number of ether oxygens (including phenoxy) is 1. The van der Waals surface area contributed by atoms with E-state index in [2.05, 4.69) is 21.4 Å². The monoisotopic (exact) mass is 324 g/mol. The molecule has 0 saturated carbocycles. The summed E-state index contributed by atoms with van der Waals surface area (Å²) < 4.78 is 19.9. The summed E-state index contributed by atoms with van der Waals surface area (Å²) in [6.45, 7) is 4.23. The van der Waals surface area contributed by atoms with Crippen LogP contribution in [0.3, 0.4) is 0 Å². The van der Waals surface area contributed by atoms with Crippen molar-refractivity contribution in [3.63, 3.8) is 0 Å². The number of halogens is 3. The first kappa shape index (κ1) is 14.9. The standard InChI is InChI=1S/C11H15BrClFN2O/c1-3-17-6(2)11(16-15)7-4-5-8(12)9(13)10(7)14/h4-6,11,16H,3,15H2,1-2H3. The molecule has 2 atom stereocenters. The summed E-state index contributed by atoms with van der Waals surface area (Å²) in [5, 5.41) is 0.0476. The molecule has 0 radical (unpaired) electrons. The maximum Gasteiger partial charge on any atom is 0.147 e. The van der Waals surface area contributed by atoms with Crippen LogP contribution in [0, 0.1) is 5.82 Å². The van der Waals surface area contributed by atoms with E-state index in [1.54, 1.807) is 12.1 Å². The highest BCUT2D eigenvalue weighted by molar-refractivity contribution is 9.10. The number of benzene rings is 1. The number of nitrogens with two attached hydrogens (primary N) is 1. The van der Waals surface area contributed by atoms with Crippen molar-refractivity contribution in [3.05, 3.63) is 33.0 Å². The molecule has 1 aromatic rings. The van der Waals surface area contributed by atoms with Crippen molar-refractivity contribution in [1.29, 1.82) is 0 Å². The van der Waals surface area contributed by atoms with Gasteiger partial charge >= 0.3 is 0 Å². The third-order valence-electron chi connectivity index (χ3n) is 2.48. The molecule has 17 heavy (non-hydrogen) atoms. The van der Waals surface area contributed by atoms with Crippen LogP contribution in [0.5, 0.6) is 0 Å². The van der Waals surface area contributed by atoms with Crippen LogP contribution in [-0.2, 0) is 4.74 Å². The third kappa shape index (κ3) is 3.39. The molecule has 2 unspecified atom stereocenters. The van der Waals surface area contributed by atoms with E-state index in [4.69, 9.17) is 22.2 Å². The van der Waals surface area contributed by atoms with E-state index >= 15 is 0 Å². The molecular weight excluding hydrogens is 310 g/mol. The van der Waals surface area contributed by atoms with Gasteiger partial charge in [-0.1, -0.05) is 17.7 Å². The Bertz CT molecular complexity index is 392. The van der Waals surface area contributed by atoms with E-state index in [9.17, 15) is 4.39 Å². The van der Waals surface area contributed by atoms with Crippen molar-refractivity contribution >= 4 is 27.5 Å². The quantitative estimate of drug-likeness (QED) is 0.496. The lowest BCUT2D eigenvalue weighted by atomic mass is 10.0. The highest BCUT2D eigenvalue weighted by Crippen LogP contribution is 2.31. The van der Waals surface area contributed by atoms with Crippen molar-refractivity contribution in [3.8, 4) is 0 Å². The minimum absolute atomic E-state index is 0.0476. The topological polar surface area (TPSA) is 47.3 Å². The average Bonchev–Trinajstić information content (AvgIpc) is 2.30. The smallest absolute Gasteiger partial charge is 0.147 e. The summed E-state index contributed by atoms with van der Waals surface area (Å²) in [7, 11) is 0. The lowest BCUT2D eigenvalue weighted by molar-refractivity contribution is 0.0463. The fourth-order valence-corrected chi connectivity index (χ4v) is 2.10. The van der Waals surface area contributed by atoms with Gasteiger partial charge in [0.15, 0.2) is 0 Å². The minimum atomic E-state index is -0.490. The van der Waals surface area contributed by atoms with Gasteiger partial charge in [0.1, 0.15) is 5.82 Å². The van der Waals surface area contributed by atoms with Gasteiger partial charge in [0, 0.05) is 16.6 Å². The molecule has 96 valence electrons. The van der Waals surface area contributed by atoms with Crippen molar-refractivity contribution in [2.24, 2.45) is 5.84 Å². The fraction of sp³-hybridized carbons (Fsp3) is 0.455. The second-order valence-electron chi connectivity index (χ2n) is 3.57. The maximum absolute atomic E-state index is 14.0. The molecule has 0 saturated heterocycles. The van der Waals surface area contributed by atoms with Crippen molar-refractivity contribution in [2.75, 3.05) is 6.61 Å². The number of hydrogen-bond acceptors (Lipinski definition) is 3.